The lowest BCUT2D eigenvalue weighted by Crippen LogP contribution is -2.39. The summed E-state index contributed by atoms with van der Waals surface area (Å²) in [5, 5.41) is 14.5. The number of amides is 2. The SMILES string of the molecule is CCC(CC)(CCO)CNC(=O)Nc1cc(F)cc(OC)c1. The summed E-state index contributed by atoms with van der Waals surface area (Å²) in [5.41, 5.74) is 0.209. The van der Waals surface area contributed by atoms with Gasteiger partial charge in [-0.05, 0) is 30.7 Å². The van der Waals surface area contributed by atoms with Crippen LogP contribution in [-0.2, 0) is 0 Å². The zero-order chi connectivity index (χ0) is 16.6. The molecule has 0 aliphatic rings. The van der Waals surface area contributed by atoms with Gasteiger partial charge in [0.05, 0.1) is 7.11 Å². The number of nitrogens with one attached hydrogen (secondary N) is 2. The molecule has 1 rings (SSSR count). The summed E-state index contributed by atoms with van der Waals surface area (Å²) in [7, 11) is 1.43. The minimum atomic E-state index is -0.480. The molecule has 2 amide bonds. The summed E-state index contributed by atoms with van der Waals surface area (Å²) in [6, 6.07) is 3.60. The first-order chi connectivity index (χ1) is 10.5. The molecule has 6 heteroatoms. The third kappa shape index (κ3) is 5.18. The van der Waals surface area contributed by atoms with E-state index in [9.17, 15) is 9.18 Å². The van der Waals surface area contributed by atoms with Gasteiger partial charge in [0.1, 0.15) is 11.6 Å². The molecule has 0 aliphatic carbocycles. The molecule has 0 bridgehead atoms. The van der Waals surface area contributed by atoms with E-state index < -0.39 is 11.8 Å². The van der Waals surface area contributed by atoms with Crippen LogP contribution in [0.2, 0.25) is 0 Å². The van der Waals surface area contributed by atoms with Gasteiger partial charge in [-0.1, -0.05) is 13.8 Å². The Hall–Kier alpha value is -1.82. The third-order valence-electron chi connectivity index (χ3n) is 4.13. The van der Waals surface area contributed by atoms with Crippen LogP contribution in [0.5, 0.6) is 5.75 Å². The Balaban J connectivity index is 2.64. The van der Waals surface area contributed by atoms with E-state index in [0.717, 1.165) is 12.8 Å². The molecule has 22 heavy (non-hydrogen) atoms. The Morgan fingerprint density at radius 3 is 2.55 bits per heavy atom. The molecule has 1 aromatic rings. The van der Waals surface area contributed by atoms with Gasteiger partial charge in [0, 0.05) is 31.0 Å². The van der Waals surface area contributed by atoms with Crippen molar-refractivity contribution in [2.24, 2.45) is 5.41 Å². The van der Waals surface area contributed by atoms with Gasteiger partial charge >= 0.3 is 6.03 Å². The van der Waals surface area contributed by atoms with E-state index in [1.807, 2.05) is 13.8 Å². The van der Waals surface area contributed by atoms with Gasteiger partial charge in [0.15, 0.2) is 0 Å². The van der Waals surface area contributed by atoms with Gasteiger partial charge in [-0.25, -0.2) is 9.18 Å². The van der Waals surface area contributed by atoms with E-state index in [2.05, 4.69) is 10.6 Å². The summed E-state index contributed by atoms with van der Waals surface area (Å²) in [6.45, 7) is 4.62. The Morgan fingerprint density at radius 1 is 1.32 bits per heavy atom. The Morgan fingerprint density at radius 2 is 2.00 bits per heavy atom. The molecule has 0 unspecified atom stereocenters. The number of anilines is 1. The van der Waals surface area contributed by atoms with E-state index in [0.29, 0.717) is 24.4 Å². The van der Waals surface area contributed by atoms with Crippen molar-refractivity contribution in [1.82, 2.24) is 5.32 Å². The number of methoxy groups -OCH3 is 1. The highest BCUT2D eigenvalue weighted by Crippen LogP contribution is 2.29. The molecule has 5 nitrogen and oxygen atoms in total. The Labute approximate surface area is 130 Å². The standard InChI is InChI=1S/C16H25FN2O3/c1-4-16(5-2,6-7-20)11-18-15(21)19-13-8-12(17)9-14(10-13)22-3/h8-10,20H,4-7,11H2,1-3H3,(H2,18,19,21). The van der Waals surface area contributed by atoms with Crippen molar-refractivity contribution in [2.45, 2.75) is 33.1 Å². The van der Waals surface area contributed by atoms with Crippen LogP contribution in [0.1, 0.15) is 33.1 Å². The number of hydrogen-bond acceptors (Lipinski definition) is 3. The van der Waals surface area contributed by atoms with E-state index in [1.165, 1.54) is 19.2 Å². The lowest BCUT2D eigenvalue weighted by atomic mass is 9.79. The molecule has 0 heterocycles. The van der Waals surface area contributed by atoms with E-state index >= 15 is 0 Å². The fourth-order valence-electron chi connectivity index (χ4n) is 2.37. The predicted octanol–water partition coefficient (Wildman–Crippen LogP) is 3.14. The number of aliphatic hydroxyl groups is 1. The molecular weight excluding hydrogens is 287 g/mol. The van der Waals surface area contributed by atoms with Crippen LogP contribution in [0.25, 0.3) is 0 Å². The molecular formula is C16H25FN2O3. The van der Waals surface area contributed by atoms with Crippen LogP contribution >= 0.6 is 0 Å². The lowest BCUT2D eigenvalue weighted by molar-refractivity contribution is 0.165. The van der Waals surface area contributed by atoms with Gasteiger partial charge in [-0.15, -0.1) is 0 Å². The van der Waals surface area contributed by atoms with Crippen molar-refractivity contribution >= 4 is 11.7 Å². The maximum atomic E-state index is 13.4. The number of benzene rings is 1. The number of aliphatic hydroxyl groups excluding tert-OH is 1. The molecule has 0 saturated carbocycles. The summed E-state index contributed by atoms with van der Waals surface area (Å²) >= 11 is 0. The molecule has 0 aliphatic heterocycles. The zero-order valence-corrected chi connectivity index (χ0v) is 13.4. The average Bonchev–Trinajstić information content (AvgIpc) is 2.51. The van der Waals surface area contributed by atoms with Gasteiger partial charge in [-0.3, -0.25) is 0 Å². The maximum absolute atomic E-state index is 13.4. The van der Waals surface area contributed by atoms with E-state index in [1.54, 1.807) is 6.07 Å². The van der Waals surface area contributed by atoms with Crippen LogP contribution in [-0.4, -0.2) is 31.4 Å². The number of rotatable bonds is 8. The first-order valence-corrected chi connectivity index (χ1v) is 7.49. The third-order valence-corrected chi connectivity index (χ3v) is 4.13. The van der Waals surface area contributed by atoms with Gasteiger partial charge < -0.3 is 20.5 Å². The first-order valence-electron chi connectivity index (χ1n) is 7.49. The average molecular weight is 312 g/mol. The quantitative estimate of drug-likeness (QED) is 0.690. The molecule has 1 aromatic carbocycles. The lowest BCUT2D eigenvalue weighted by Gasteiger charge is -2.31. The second-order valence-electron chi connectivity index (χ2n) is 5.37. The Bertz CT molecular complexity index is 490. The number of ether oxygens (including phenoxy) is 1. The van der Waals surface area contributed by atoms with Gasteiger partial charge in [-0.2, -0.15) is 0 Å². The monoisotopic (exact) mass is 312 g/mol. The van der Waals surface area contributed by atoms with Crippen LogP contribution in [0, 0.1) is 11.2 Å². The topological polar surface area (TPSA) is 70.6 Å². The molecule has 0 spiro atoms. The highest BCUT2D eigenvalue weighted by molar-refractivity contribution is 5.89. The van der Waals surface area contributed by atoms with Crippen molar-refractivity contribution in [2.75, 3.05) is 25.6 Å². The normalized spacial score (nSPS) is 11.1. The van der Waals surface area contributed by atoms with Crippen LogP contribution in [0.3, 0.4) is 0 Å². The van der Waals surface area contributed by atoms with Crippen LogP contribution in [0.4, 0.5) is 14.9 Å². The second kappa shape index (κ2) is 8.58. The highest BCUT2D eigenvalue weighted by Gasteiger charge is 2.26. The summed E-state index contributed by atoms with van der Waals surface area (Å²) in [4.78, 5) is 12.0. The van der Waals surface area contributed by atoms with E-state index in [-0.39, 0.29) is 12.0 Å². The molecule has 3 N–H and O–H groups in total. The fraction of sp³-hybridized carbons (Fsp3) is 0.562. The summed E-state index contributed by atoms with van der Waals surface area (Å²) in [5.74, 6) is -0.140. The Kier molecular flexibility index (Phi) is 7.11. The minimum Gasteiger partial charge on any atom is -0.497 e. The highest BCUT2D eigenvalue weighted by atomic mass is 19.1. The predicted molar refractivity (Wildman–Crippen MR) is 84.7 cm³/mol. The number of halogens is 1. The molecule has 124 valence electrons. The van der Waals surface area contributed by atoms with Gasteiger partial charge in [0.2, 0.25) is 0 Å². The fourth-order valence-corrected chi connectivity index (χ4v) is 2.37. The first kappa shape index (κ1) is 18.2. The molecule has 0 radical (unpaired) electrons. The van der Waals surface area contributed by atoms with E-state index in [4.69, 9.17) is 9.84 Å². The number of hydrogen-bond donors (Lipinski definition) is 3. The molecule has 0 atom stereocenters. The smallest absolute Gasteiger partial charge is 0.319 e. The maximum Gasteiger partial charge on any atom is 0.319 e. The molecule has 0 saturated heterocycles. The number of carbonyl (C=O) groups is 1. The van der Waals surface area contributed by atoms with Crippen LogP contribution < -0.4 is 15.4 Å². The summed E-state index contributed by atoms with van der Waals surface area (Å²) in [6.07, 6.45) is 2.35. The number of carbonyl (C=O) groups excluding carboxylic acids is 1. The van der Waals surface area contributed by atoms with Crippen LogP contribution in [0.15, 0.2) is 18.2 Å². The summed E-state index contributed by atoms with van der Waals surface area (Å²) < 4.78 is 18.3. The minimum absolute atomic E-state index is 0.0894. The van der Waals surface area contributed by atoms with Crippen molar-refractivity contribution in [1.29, 1.82) is 0 Å². The van der Waals surface area contributed by atoms with Crippen molar-refractivity contribution in [3.63, 3.8) is 0 Å². The van der Waals surface area contributed by atoms with Gasteiger partial charge in [0.25, 0.3) is 0 Å². The second-order valence-corrected chi connectivity index (χ2v) is 5.37. The zero-order valence-electron chi connectivity index (χ0n) is 13.4. The molecule has 0 fully saturated rings. The van der Waals surface area contributed by atoms with Crippen molar-refractivity contribution in [3.8, 4) is 5.75 Å². The largest absolute Gasteiger partial charge is 0.497 e. The van der Waals surface area contributed by atoms with Crippen molar-refractivity contribution in [3.05, 3.63) is 24.0 Å². The molecule has 0 aromatic heterocycles. The number of urea groups is 1. The van der Waals surface area contributed by atoms with Crippen molar-refractivity contribution < 1.29 is 19.0 Å².